The van der Waals surface area contributed by atoms with Crippen LogP contribution in [0.25, 0.3) is 0 Å². The Bertz CT molecular complexity index is 1210. The van der Waals surface area contributed by atoms with Gasteiger partial charge in [-0.3, -0.25) is 14.9 Å². The van der Waals surface area contributed by atoms with Gasteiger partial charge in [0.1, 0.15) is 17.2 Å². The Kier molecular flexibility index (Phi) is 5.59. The first-order valence-corrected chi connectivity index (χ1v) is 12.9. The van der Waals surface area contributed by atoms with E-state index in [-0.39, 0.29) is 42.2 Å². The maximum Gasteiger partial charge on any atom is 0.253 e. The Morgan fingerprint density at radius 1 is 1.11 bits per heavy atom. The number of aromatic nitrogens is 2. The molecule has 9 nitrogen and oxygen atoms in total. The van der Waals surface area contributed by atoms with E-state index in [1.165, 1.54) is 6.07 Å². The van der Waals surface area contributed by atoms with E-state index < -0.39 is 5.54 Å². The lowest BCUT2D eigenvalue weighted by molar-refractivity contribution is -0.126. The minimum atomic E-state index is -0.924. The molecule has 3 fully saturated rings. The van der Waals surface area contributed by atoms with Gasteiger partial charge in [0.25, 0.3) is 5.91 Å². The highest BCUT2D eigenvalue weighted by atomic mass is 19.1. The van der Waals surface area contributed by atoms with Crippen molar-refractivity contribution in [2.24, 2.45) is 0 Å². The van der Waals surface area contributed by atoms with Crippen molar-refractivity contribution < 1.29 is 14.0 Å². The highest BCUT2D eigenvalue weighted by Crippen LogP contribution is 2.46. The second-order valence-corrected chi connectivity index (χ2v) is 10.8. The van der Waals surface area contributed by atoms with Crippen molar-refractivity contribution in [2.75, 3.05) is 28.2 Å². The molecule has 36 heavy (non-hydrogen) atoms. The third-order valence-corrected chi connectivity index (χ3v) is 7.93. The predicted octanol–water partition coefficient (Wildman–Crippen LogP) is 2.64. The lowest BCUT2D eigenvalue weighted by Crippen LogP contribution is -2.56. The number of piperazine rings is 1. The van der Waals surface area contributed by atoms with Gasteiger partial charge in [-0.25, -0.2) is 9.37 Å². The van der Waals surface area contributed by atoms with E-state index in [0.717, 1.165) is 44.3 Å². The number of nitrogens with one attached hydrogen (secondary N) is 3. The van der Waals surface area contributed by atoms with Gasteiger partial charge in [-0.15, -0.1) is 0 Å². The Balaban J connectivity index is 1.27. The Labute approximate surface area is 209 Å². The number of hydrogen-bond donors (Lipinski definition) is 3. The number of hydrogen-bond acceptors (Lipinski definition) is 8. The second-order valence-electron chi connectivity index (χ2n) is 10.8. The summed E-state index contributed by atoms with van der Waals surface area (Å²) >= 11 is 0. The van der Waals surface area contributed by atoms with Gasteiger partial charge >= 0.3 is 0 Å². The topological polar surface area (TPSA) is 102 Å². The summed E-state index contributed by atoms with van der Waals surface area (Å²) in [6.07, 6.45) is 6.39. The SMILES string of the molecule is CC1CN(c2ccc(Nc3ncc4c(n3)N(C3CCCC3)C3(CC(=O)NC3=O)C4)cc2F)CC(C)N1. The number of halogens is 1. The number of benzene rings is 1. The van der Waals surface area contributed by atoms with Crippen molar-refractivity contribution in [2.45, 2.75) is 76.0 Å². The average molecular weight is 494 g/mol. The highest BCUT2D eigenvalue weighted by molar-refractivity contribution is 6.11. The molecule has 6 rings (SSSR count). The summed E-state index contributed by atoms with van der Waals surface area (Å²) in [5.74, 6) is 0.252. The number of carbonyl (C=O) groups is 2. The molecule has 1 aromatic heterocycles. The number of amides is 2. The third-order valence-electron chi connectivity index (χ3n) is 7.93. The second kappa shape index (κ2) is 8.69. The summed E-state index contributed by atoms with van der Waals surface area (Å²) in [6, 6.07) is 5.84. The molecule has 190 valence electrons. The number of carbonyl (C=O) groups excluding carboxylic acids is 2. The van der Waals surface area contributed by atoms with Crippen molar-refractivity contribution in [1.82, 2.24) is 20.6 Å². The van der Waals surface area contributed by atoms with E-state index >= 15 is 4.39 Å². The zero-order chi connectivity index (χ0) is 25.0. The molecular formula is C26H32FN7O2. The molecule has 3 aliphatic heterocycles. The summed E-state index contributed by atoms with van der Waals surface area (Å²) in [5.41, 5.74) is 1.08. The minimum absolute atomic E-state index is 0.136. The summed E-state index contributed by atoms with van der Waals surface area (Å²) in [7, 11) is 0. The minimum Gasteiger partial charge on any atom is -0.366 e. The van der Waals surface area contributed by atoms with E-state index in [9.17, 15) is 9.59 Å². The number of anilines is 4. The standard InChI is InChI=1S/C26H32FN7O2/c1-15-13-33(14-16(2)29-15)21-8-7-18(9-20(21)27)30-25-28-12-17-10-26(11-22(35)31-24(26)36)34(23(17)32-25)19-5-3-4-6-19/h7-9,12,15-16,19,29H,3-6,10-11,13-14H2,1-2H3,(H,28,30,32)(H,31,35,36). The summed E-state index contributed by atoms with van der Waals surface area (Å²) in [5, 5.41) is 9.12. The first kappa shape index (κ1) is 23.1. The van der Waals surface area contributed by atoms with Crippen LogP contribution >= 0.6 is 0 Å². The van der Waals surface area contributed by atoms with Crippen molar-refractivity contribution in [3.63, 3.8) is 0 Å². The molecule has 2 saturated heterocycles. The van der Waals surface area contributed by atoms with Crippen LogP contribution in [-0.2, 0) is 16.0 Å². The molecule has 2 amide bonds. The van der Waals surface area contributed by atoms with Crippen LogP contribution in [0.15, 0.2) is 24.4 Å². The molecule has 3 atom stereocenters. The number of rotatable bonds is 4. The van der Waals surface area contributed by atoms with Gasteiger partial charge in [-0.2, -0.15) is 4.98 Å². The van der Waals surface area contributed by atoms with Crippen molar-refractivity contribution in [1.29, 1.82) is 0 Å². The molecule has 3 N–H and O–H groups in total. The molecule has 0 bridgehead atoms. The van der Waals surface area contributed by atoms with E-state index in [1.54, 1.807) is 12.3 Å². The Morgan fingerprint density at radius 3 is 2.53 bits per heavy atom. The van der Waals surface area contributed by atoms with Crippen LogP contribution in [0.5, 0.6) is 0 Å². The van der Waals surface area contributed by atoms with Crippen LogP contribution in [-0.4, -0.2) is 58.5 Å². The highest BCUT2D eigenvalue weighted by Gasteiger charge is 2.58. The van der Waals surface area contributed by atoms with Crippen LogP contribution in [0.4, 0.5) is 27.5 Å². The van der Waals surface area contributed by atoms with Crippen LogP contribution < -0.4 is 25.8 Å². The first-order valence-electron chi connectivity index (χ1n) is 12.9. The molecule has 0 radical (unpaired) electrons. The summed E-state index contributed by atoms with van der Waals surface area (Å²) < 4.78 is 15.1. The number of imide groups is 1. The smallest absolute Gasteiger partial charge is 0.253 e. The number of fused-ring (bicyclic) bond motifs is 1. The molecule has 1 spiro atoms. The van der Waals surface area contributed by atoms with Crippen molar-refractivity contribution in [3.8, 4) is 0 Å². The fraction of sp³-hybridized carbons (Fsp3) is 0.538. The van der Waals surface area contributed by atoms with Crippen molar-refractivity contribution >= 4 is 35.0 Å². The molecule has 1 aliphatic carbocycles. The zero-order valence-corrected chi connectivity index (χ0v) is 20.7. The quantitative estimate of drug-likeness (QED) is 0.559. The van der Waals surface area contributed by atoms with E-state index in [2.05, 4.69) is 44.6 Å². The van der Waals surface area contributed by atoms with E-state index in [4.69, 9.17) is 4.98 Å². The van der Waals surface area contributed by atoms with Gasteiger partial charge in [0.15, 0.2) is 0 Å². The monoisotopic (exact) mass is 493 g/mol. The molecule has 10 heteroatoms. The Hall–Kier alpha value is -3.27. The van der Waals surface area contributed by atoms with Gasteiger partial charge in [-0.05, 0) is 44.9 Å². The maximum atomic E-state index is 15.1. The van der Waals surface area contributed by atoms with Crippen LogP contribution in [0.1, 0.15) is 51.5 Å². The summed E-state index contributed by atoms with van der Waals surface area (Å²) in [6.45, 7) is 5.70. The van der Waals surface area contributed by atoms with Gasteiger partial charge in [0.05, 0.1) is 12.1 Å². The Morgan fingerprint density at radius 2 is 1.86 bits per heavy atom. The first-order chi connectivity index (χ1) is 17.3. The molecule has 1 saturated carbocycles. The molecule has 4 aliphatic rings. The molecule has 4 heterocycles. The van der Waals surface area contributed by atoms with Crippen LogP contribution in [0.2, 0.25) is 0 Å². The average Bonchev–Trinajstić information content (AvgIpc) is 3.51. The molecule has 3 unspecified atom stereocenters. The summed E-state index contributed by atoms with van der Waals surface area (Å²) in [4.78, 5) is 38.6. The van der Waals surface area contributed by atoms with Crippen molar-refractivity contribution in [3.05, 3.63) is 35.8 Å². The predicted molar refractivity (Wildman–Crippen MR) is 135 cm³/mol. The van der Waals surface area contributed by atoms with Gasteiger partial charge in [-0.1, -0.05) is 12.8 Å². The maximum absolute atomic E-state index is 15.1. The number of nitrogens with zero attached hydrogens (tertiary/aromatic N) is 4. The fourth-order valence-electron chi connectivity index (χ4n) is 6.54. The van der Waals surface area contributed by atoms with Gasteiger partial charge in [0, 0.05) is 55.1 Å². The fourth-order valence-corrected chi connectivity index (χ4v) is 6.54. The third kappa shape index (κ3) is 3.87. The van der Waals surface area contributed by atoms with Crippen LogP contribution in [0, 0.1) is 5.82 Å². The van der Waals surface area contributed by atoms with Gasteiger partial charge < -0.3 is 20.4 Å². The molecular weight excluding hydrogens is 461 g/mol. The lowest BCUT2D eigenvalue weighted by atomic mass is 9.91. The largest absolute Gasteiger partial charge is 0.366 e. The molecule has 2 aromatic rings. The van der Waals surface area contributed by atoms with E-state index in [1.807, 2.05) is 6.07 Å². The van der Waals surface area contributed by atoms with Crippen LogP contribution in [0.3, 0.4) is 0 Å². The normalized spacial score (nSPS) is 28.2. The zero-order valence-electron chi connectivity index (χ0n) is 20.7. The lowest BCUT2D eigenvalue weighted by Gasteiger charge is -2.38. The van der Waals surface area contributed by atoms with Gasteiger partial charge in [0.2, 0.25) is 11.9 Å². The van der Waals surface area contributed by atoms with E-state index in [0.29, 0.717) is 29.6 Å². The molecule has 1 aromatic carbocycles.